The average Bonchev–Trinajstić information content (AvgIpc) is 1.96. The lowest BCUT2D eigenvalue weighted by Crippen LogP contribution is -2.16. The minimum Gasteiger partial charge on any atom is -0.507 e. The van der Waals surface area contributed by atoms with E-state index in [2.05, 4.69) is 0 Å². The highest BCUT2D eigenvalue weighted by Gasteiger charge is 2.29. The number of ether oxygens (including phenoxy) is 1. The summed E-state index contributed by atoms with van der Waals surface area (Å²) in [7, 11) is -4.28. The van der Waals surface area contributed by atoms with Crippen LogP contribution in [0.15, 0.2) is 11.0 Å². The maximum atomic E-state index is 10.9. The summed E-state index contributed by atoms with van der Waals surface area (Å²) < 4.78 is 35.6. The van der Waals surface area contributed by atoms with E-state index in [1.54, 1.807) is 6.92 Å². The SMILES string of the molecule is Cc1c(O)cc(S(=O)(=O)O)c2c1OC2. The van der Waals surface area contributed by atoms with Crippen molar-refractivity contribution in [3.05, 3.63) is 17.2 Å². The van der Waals surface area contributed by atoms with Crippen molar-refractivity contribution >= 4 is 10.1 Å². The second kappa shape index (κ2) is 2.61. The minimum absolute atomic E-state index is 0.144. The molecule has 0 bridgehead atoms. The predicted octanol–water partition coefficient (Wildman–Crippen LogP) is 0.840. The molecule has 0 saturated carbocycles. The van der Waals surface area contributed by atoms with Gasteiger partial charge in [0.05, 0.1) is 5.56 Å². The lowest BCUT2D eigenvalue weighted by Gasteiger charge is -2.24. The van der Waals surface area contributed by atoms with E-state index < -0.39 is 10.1 Å². The third-order valence-electron chi connectivity index (χ3n) is 2.20. The van der Waals surface area contributed by atoms with Crippen molar-refractivity contribution in [3.8, 4) is 11.5 Å². The molecule has 0 amide bonds. The second-order valence-corrected chi connectivity index (χ2v) is 4.48. The number of hydrogen-bond donors (Lipinski definition) is 2. The number of benzene rings is 1. The summed E-state index contributed by atoms with van der Waals surface area (Å²) in [4.78, 5) is -0.276. The van der Waals surface area contributed by atoms with Crippen LogP contribution in [0.25, 0.3) is 0 Å². The highest BCUT2D eigenvalue weighted by Crippen LogP contribution is 2.41. The molecule has 14 heavy (non-hydrogen) atoms. The molecule has 0 unspecified atom stereocenters. The molecule has 2 N–H and O–H groups in total. The Bertz CT molecular complexity index is 503. The standard InChI is InChI=1S/C8H8O5S/c1-4-6(9)2-7(14(10,11)12)5-3-13-8(4)5/h2,9H,3H2,1H3,(H,10,11,12). The Kier molecular flexibility index (Phi) is 1.73. The molecule has 0 radical (unpaired) electrons. The maximum absolute atomic E-state index is 10.9. The van der Waals surface area contributed by atoms with Crippen molar-refractivity contribution in [2.75, 3.05) is 0 Å². The molecular formula is C8H8O5S. The molecular weight excluding hydrogens is 208 g/mol. The van der Waals surface area contributed by atoms with Gasteiger partial charge in [-0.25, -0.2) is 0 Å². The van der Waals surface area contributed by atoms with E-state index >= 15 is 0 Å². The molecule has 0 saturated heterocycles. The molecule has 1 aliphatic heterocycles. The van der Waals surface area contributed by atoms with Gasteiger partial charge in [0, 0.05) is 11.6 Å². The first kappa shape index (κ1) is 9.29. The fourth-order valence-corrected chi connectivity index (χ4v) is 2.12. The van der Waals surface area contributed by atoms with Crippen molar-refractivity contribution < 1.29 is 22.8 Å². The first-order chi connectivity index (χ1) is 6.41. The van der Waals surface area contributed by atoms with Gasteiger partial charge in [0.25, 0.3) is 10.1 Å². The van der Waals surface area contributed by atoms with Gasteiger partial charge in [0.1, 0.15) is 23.0 Å². The summed E-state index contributed by atoms with van der Waals surface area (Å²) >= 11 is 0. The highest BCUT2D eigenvalue weighted by atomic mass is 32.2. The van der Waals surface area contributed by atoms with Crippen LogP contribution in [-0.2, 0) is 16.7 Å². The van der Waals surface area contributed by atoms with Crippen LogP contribution in [0.3, 0.4) is 0 Å². The summed E-state index contributed by atoms with van der Waals surface area (Å²) in [5.74, 6) is 0.147. The Morgan fingerprint density at radius 1 is 1.50 bits per heavy atom. The molecule has 0 atom stereocenters. The van der Waals surface area contributed by atoms with Crippen LogP contribution < -0.4 is 4.74 Å². The van der Waals surface area contributed by atoms with Crippen molar-refractivity contribution in [2.24, 2.45) is 0 Å². The molecule has 0 spiro atoms. The third kappa shape index (κ3) is 1.15. The molecule has 2 rings (SSSR count). The Labute approximate surface area is 80.7 Å². The average molecular weight is 216 g/mol. The molecule has 76 valence electrons. The number of fused-ring (bicyclic) bond motifs is 1. The van der Waals surface area contributed by atoms with E-state index in [0.717, 1.165) is 6.07 Å². The number of rotatable bonds is 1. The van der Waals surface area contributed by atoms with Crippen molar-refractivity contribution in [1.29, 1.82) is 0 Å². The number of hydrogen-bond acceptors (Lipinski definition) is 4. The van der Waals surface area contributed by atoms with Gasteiger partial charge in [0.15, 0.2) is 0 Å². The van der Waals surface area contributed by atoms with E-state index in [1.165, 1.54) is 0 Å². The number of phenols is 1. The van der Waals surface area contributed by atoms with E-state index in [1.807, 2.05) is 0 Å². The molecule has 0 fully saturated rings. The lowest BCUT2D eigenvalue weighted by atomic mass is 10.1. The van der Waals surface area contributed by atoms with Gasteiger partial charge in [-0.2, -0.15) is 8.42 Å². The first-order valence-electron chi connectivity index (χ1n) is 3.87. The summed E-state index contributed by atoms with van der Waals surface area (Å²) in [6, 6.07) is 1.03. The topological polar surface area (TPSA) is 83.8 Å². The smallest absolute Gasteiger partial charge is 0.295 e. The van der Waals surface area contributed by atoms with Gasteiger partial charge < -0.3 is 9.84 Å². The largest absolute Gasteiger partial charge is 0.507 e. The van der Waals surface area contributed by atoms with Gasteiger partial charge in [-0.15, -0.1) is 0 Å². The van der Waals surface area contributed by atoms with Gasteiger partial charge >= 0.3 is 0 Å². The Balaban J connectivity index is 2.77. The first-order valence-corrected chi connectivity index (χ1v) is 5.31. The van der Waals surface area contributed by atoms with E-state index in [0.29, 0.717) is 16.9 Å². The van der Waals surface area contributed by atoms with Crippen LogP contribution in [0.5, 0.6) is 11.5 Å². The van der Waals surface area contributed by atoms with Crippen LogP contribution in [0.2, 0.25) is 0 Å². The quantitative estimate of drug-likeness (QED) is 0.679. The zero-order chi connectivity index (χ0) is 10.5. The second-order valence-electron chi connectivity index (χ2n) is 3.09. The van der Waals surface area contributed by atoms with Crippen LogP contribution in [0.4, 0.5) is 0 Å². The minimum atomic E-state index is -4.28. The van der Waals surface area contributed by atoms with Crippen LogP contribution in [-0.4, -0.2) is 18.1 Å². The summed E-state index contributed by atoms with van der Waals surface area (Å²) in [6.45, 7) is 1.76. The molecule has 1 aromatic rings. The summed E-state index contributed by atoms with van der Waals surface area (Å²) in [5.41, 5.74) is 0.904. The Hall–Kier alpha value is -1.27. The fourth-order valence-electron chi connectivity index (χ4n) is 1.40. The lowest BCUT2D eigenvalue weighted by molar-refractivity contribution is 0.232. The van der Waals surface area contributed by atoms with Crippen molar-refractivity contribution in [1.82, 2.24) is 0 Å². The predicted molar refractivity (Wildman–Crippen MR) is 47.0 cm³/mol. The van der Waals surface area contributed by atoms with Gasteiger partial charge in [0.2, 0.25) is 0 Å². The maximum Gasteiger partial charge on any atom is 0.295 e. The van der Waals surface area contributed by atoms with Crippen molar-refractivity contribution in [3.63, 3.8) is 0 Å². The normalized spacial score (nSPS) is 14.1. The van der Waals surface area contributed by atoms with Crippen LogP contribution >= 0.6 is 0 Å². The number of phenolic OH excluding ortho intramolecular Hbond substituents is 1. The molecule has 1 aliphatic rings. The zero-order valence-electron chi connectivity index (χ0n) is 7.31. The van der Waals surface area contributed by atoms with Gasteiger partial charge in [-0.05, 0) is 6.92 Å². The summed E-state index contributed by atoms with van der Waals surface area (Å²) in [6.07, 6.45) is 0. The van der Waals surface area contributed by atoms with Crippen LogP contribution in [0, 0.1) is 6.92 Å². The highest BCUT2D eigenvalue weighted by molar-refractivity contribution is 7.85. The van der Waals surface area contributed by atoms with Crippen LogP contribution in [0.1, 0.15) is 11.1 Å². The van der Waals surface area contributed by atoms with E-state index in [-0.39, 0.29) is 17.3 Å². The fraction of sp³-hybridized carbons (Fsp3) is 0.250. The van der Waals surface area contributed by atoms with Gasteiger partial charge in [-0.3, -0.25) is 4.55 Å². The molecule has 1 heterocycles. The Morgan fingerprint density at radius 2 is 2.14 bits per heavy atom. The monoisotopic (exact) mass is 216 g/mol. The molecule has 1 aromatic carbocycles. The van der Waals surface area contributed by atoms with Crippen molar-refractivity contribution in [2.45, 2.75) is 18.4 Å². The molecule has 5 nitrogen and oxygen atoms in total. The van der Waals surface area contributed by atoms with E-state index in [4.69, 9.17) is 9.29 Å². The molecule has 6 heteroatoms. The van der Waals surface area contributed by atoms with Gasteiger partial charge in [-0.1, -0.05) is 0 Å². The zero-order valence-corrected chi connectivity index (χ0v) is 8.13. The molecule has 0 aliphatic carbocycles. The van der Waals surface area contributed by atoms with E-state index in [9.17, 15) is 13.5 Å². The summed E-state index contributed by atoms with van der Waals surface area (Å²) in [5, 5.41) is 9.35. The Morgan fingerprint density at radius 3 is 2.57 bits per heavy atom. The number of aromatic hydroxyl groups is 1. The third-order valence-corrected chi connectivity index (χ3v) is 3.12. The molecule has 0 aromatic heterocycles.